The van der Waals surface area contributed by atoms with Crippen molar-refractivity contribution in [2.24, 2.45) is 10.8 Å². The largest absolute Gasteiger partial charge is 0.349 e. The molecule has 0 amide bonds. The average Bonchev–Trinajstić information content (AvgIpc) is 2.35. The van der Waals surface area contributed by atoms with E-state index in [0.29, 0.717) is 6.61 Å². The summed E-state index contributed by atoms with van der Waals surface area (Å²) < 4.78 is 13.6. The molecule has 3 heteroatoms. The summed E-state index contributed by atoms with van der Waals surface area (Å²) in [5.74, 6) is -0.512. The van der Waals surface area contributed by atoms with Gasteiger partial charge in [-0.1, -0.05) is 62.7 Å². The van der Waals surface area contributed by atoms with E-state index in [4.69, 9.17) is 9.47 Å². The molecule has 21 heavy (non-hydrogen) atoms. The molecular formula is C18H27BrO2. The van der Waals surface area contributed by atoms with E-state index >= 15 is 0 Å². The molecule has 0 bridgehead atoms. The molecule has 1 aliphatic rings. The Bertz CT molecular complexity index is 473. The maximum absolute atomic E-state index is 6.36. The highest BCUT2D eigenvalue weighted by atomic mass is 79.9. The Morgan fingerprint density at radius 1 is 1.19 bits per heavy atom. The molecule has 0 aromatic heterocycles. The summed E-state index contributed by atoms with van der Waals surface area (Å²) in [5, 5.41) is 0. The molecule has 2 rings (SSSR count). The summed E-state index contributed by atoms with van der Waals surface area (Å²) in [7, 11) is 0. The van der Waals surface area contributed by atoms with E-state index in [1.54, 1.807) is 0 Å². The van der Waals surface area contributed by atoms with Crippen molar-refractivity contribution in [3.63, 3.8) is 0 Å². The van der Waals surface area contributed by atoms with Crippen LogP contribution in [0.3, 0.4) is 0 Å². The van der Waals surface area contributed by atoms with Gasteiger partial charge in [-0.2, -0.15) is 0 Å². The van der Waals surface area contributed by atoms with Crippen LogP contribution in [0.1, 0.15) is 53.0 Å². The predicted molar refractivity (Wildman–Crippen MR) is 90.1 cm³/mol. The van der Waals surface area contributed by atoms with Gasteiger partial charge in [-0.25, -0.2) is 0 Å². The van der Waals surface area contributed by atoms with Gasteiger partial charge in [0.25, 0.3) is 0 Å². The number of halogens is 1. The first-order valence-corrected chi connectivity index (χ1v) is 8.45. The highest BCUT2D eigenvalue weighted by Gasteiger charge is 2.50. The molecule has 1 saturated heterocycles. The van der Waals surface area contributed by atoms with Gasteiger partial charge in [0.1, 0.15) is 0 Å². The van der Waals surface area contributed by atoms with Crippen molar-refractivity contribution >= 4 is 15.9 Å². The molecule has 0 saturated carbocycles. The molecule has 1 unspecified atom stereocenters. The minimum absolute atomic E-state index is 0.0555. The van der Waals surface area contributed by atoms with Crippen LogP contribution in [0.4, 0.5) is 0 Å². The number of benzene rings is 1. The minimum atomic E-state index is -0.512. The monoisotopic (exact) mass is 354 g/mol. The van der Waals surface area contributed by atoms with Crippen LogP contribution >= 0.6 is 15.9 Å². The summed E-state index contributed by atoms with van der Waals surface area (Å²) >= 11 is 3.46. The Kier molecular flexibility index (Phi) is 4.87. The second-order valence-electron chi connectivity index (χ2n) is 7.86. The molecular weight excluding hydrogens is 328 g/mol. The van der Waals surface area contributed by atoms with Gasteiger partial charge in [0, 0.05) is 16.3 Å². The van der Waals surface area contributed by atoms with E-state index in [1.807, 2.05) is 12.1 Å². The van der Waals surface area contributed by atoms with Crippen molar-refractivity contribution < 1.29 is 9.47 Å². The van der Waals surface area contributed by atoms with Crippen LogP contribution in [0.5, 0.6) is 0 Å². The van der Waals surface area contributed by atoms with Gasteiger partial charge < -0.3 is 9.47 Å². The minimum Gasteiger partial charge on any atom is -0.349 e. The molecule has 118 valence electrons. The third kappa shape index (κ3) is 4.08. The van der Waals surface area contributed by atoms with E-state index in [-0.39, 0.29) is 10.8 Å². The lowest BCUT2D eigenvalue weighted by Gasteiger charge is -2.51. The van der Waals surface area contributed by atoms with Crippen LogP contribution in [0.15, 0.2) is 28.7 Å². The van der Waals surface area contributed by atoms with E-state index in [0.717, 1.165) is 23.9 Å². The fourth-order valence-corrected chi connectivity index (χ4v) is 3.10. The summed E-state index contributed by atoms with van der Waals surface area (Å²) in [4.78, 5) is 0. The quantitative estimate of drug-likeness (QED) is 0.708. The van der Waals surface area contributed by atoms with Crippen molar-refractivity contribution in [3.05, 3.63) is 34.3 Å². The van der Waals surface area contributed by atoms with Crippen LogP contribution in [-0.2, 0) is 16.1 Å². The van der Waals surface area contributed by atoms with Crippen molar-refractivity contribution in [2.45, 2.75) is 59.9 Å². The lowest BCUT2D eigenvalue weighted by Crippen LogP contribution is -2.53. The van der Waals surface area contributed by atoms with Gasteiger partial charge in [-0.15, -0.1) is 0 Å². The number of hydrogen-bond donors (Lipinski definition) is 0. The fourth-order valence-electron chi connectivity index (χ4n) is 2.83. The third-order valence-electron chi connectivity index (χ3n) is 4.35. The number of ether oxygens (including phenoxy) is 2. The molecule has 0 radical (unpaired) electrons. The molecule has 1 fully saturated rings. The fraction of sp³-hybridized carbons (Fsp3) is 0.667. The van der Waals surface area contributed by atoms with Gasteiger partial charge >= 0.3 is 0 Å². The first-order chi connectivity index (χ1) is 9.64. The van der Waals surface area contributed by atoms with Crippen LogP contribution < -0.4 is 0 Å². The maximum Gasteiger partial charge on any atom is 0.173 e. The molecule has 0 aliphatic carbocycles. The topological polar surface area (TPSA) is 18.5 Å². The van der Waals surface area contributed by atoms with Gasteiger partial charge in [-0.05, 0) is 29.5 Å². The van der Waals surface area contributed by atoms with E-state index < -0.39 is 5.79 Å². The Balaban J connectivity index is 2.15. The lowest BCUT2D eigenvalue weighted by atomic mass is 9.71. The molecule has 1 atom stereocenters. The van der Waals surface area contributed by atoms with Gasteiger partial charge in [0.15, 0.2) is 5.79 Å². The zero-order valence-electron chi connectivity index (χ0n) is 13.8. The standard InChI is InChI=1S/C18H27BrO2/c1-16(2,3)18(13-17(4,5)10-11-20-18)21-12-14-6-8-15(19)9-7-14/h6-9H,10-13H2,1-5H3. The zero-order chi connectivity index (χ0) is 15.7. The smallest absolute Gasteiger partial charge is 0.173 e. The average molecular weight is 355 g/mol. The van der Waals surface area contributed by atoms with Crippen LogP contribution in [0.25, 0.3) is 0 Å². The maximum atomic E-state index is 6.36. The van der Waals surface area contributed by atoms with Crippen molar-refractivity contribution in [3.8, 4) is 0 Å². The molecule has 1 heterocycles. The molecule has 2 nitrogen and oxygen atoms in total. The molecule has 1 aliphatic heterocycles. The molecule has 0 N–H and O–H groups in total. The first kappa shape index (κ1) is 17.0. The van der Waals surface area contributed by atoms with Crippen molar-refractivity contribution in [1.29, 1.82) is 0 Å². The van der Waals surface area contributed by atoms with Crippen LogP contribution in [-0.4, -0.2) is 12.4 Å². The van der Waals surface area contributed by atoms with Gasteiger partial charge in [0.2, 0.25) is 0 Å². The Morgan fingerprint density at radius 3 is 2.33 bits per heavy atom. The Morgan fingerprint density at radius 2 is 1.81 bits per heavy atom. The normalized spacial score (nSPS) is 25.8. The Hall–Kier alpha value is -0.380. The summed E-state index contributed by atoms with van der Waals surface area (Å²) in [6.45, 7) is 12.6. The SMILES string of the molecule is CC1(C)CCOC(OCc2ccc(Br)cc2)(C(C)(C)C)C1. The van der Waals surface area contributed by atoms with Gasteiger partial charge in [-0.3, -0.25) is 0 Å². The predicted octanol–water partition coefficient (Wildman–Crippen LogP) is 5.54. The zero-order valence-corrected chi connectivity index (χ0v) is 15.4. The molecule has 0 spiro atoms. The summed E-state index contributed by atoms with van der Waals surface area (Å²) in [6.07, 6.45) is 2.02. The van der Waals surface area contributed by atoms with Crippen LogP contribution in [0, 0.1) is 10.8 Å². The van der Waals surface area contributed by atoms with Crippen molar-refractivity contribution in [1.82, 2.24) is 0 Å². The number of rotatable bonds is 3. The van der Waals surface area contributed by atoms with E-state index in [1.165, 1.54) is 5.56 Å². The highest BCUT2D eigenvalue weighted by Crippen LogP contribution is 2.48. The van der Waals surface area contributed by atoms with Crippen molar-refractivity contribution in [2.75, 3.05) is 6.61 Å². The summed E-state index contributed by atoms with van der Waals surface area (Å²) in [6, 6.07) is 8.28. The number of hydrogen-bond acceptors (Lipinski definition) is 2. The highest BCUT2D eigenvalue weighted by molar-refractivity contribution is 9.10. The van der Waals surface area contributed by atoms with E-state index in [9.17, 15) is 0 Å². The second-order valence-corrected chi connectivity index (χ2v) is 8.77. The second kappa shape index (κ2) is 6.02. The lowest BCUT2D eigenvalue weighted by molar-refractivity contribution is -0.326. The Labute approximate surface area is 137 Å². The molecule has 1 aromatic carbocycles. The summed E-state index contributed by atoms with van der Waals surface area (Å²) in [5.41, 5.74) is 1.37. The third-order valence-corrected chi connectivity index (χ3v) is 4.88. The van der Waals surface area contributed by atoms with Crippen LogP contribution in [0.2, 0.25) is 0 Å². The van der Waals surface area contributed by atoms with Gasteiger partial charge in [0.05, 0.1) is 13.2 Å². The molecule has 1 aromatic rings. The van der Waals surface area contributed by atoms with E-state index in [2.05, 4.69) is 62.7 Å². The first-order valence-electron chi connectivity index (χ1n) is 7.66.